The van der Waals surface area contributed by atoms with Crippen LogP contribution in [0.3, 0.4) is 0 Å². The van der Waals surface area contributed by atoms with E-state index in [0.717, 1.165) is 13.1 Å². The second-order valence-electron chi connectivity index (χ2n) is 10.2. The molecule has 3 heterocycles. The van der Waals surface area contributed by atoms with Crippen LogP contribution < -0.4 is 11.1 Å². The van der Waals surface area contributed by atoms with E-state index in [1.807, 2.05) is 12.1 Å². The maximum atomic E-state index is 15.0. The number of carbonyl (C=O) groups excluding carboxylic acids is 1. The third-order valence-electron chi connectivity index (χ3n) is 7.89. The van der Waals surface area contributed by atoms with E-state index in [0.29, 0.717) is 41.6 Å². The summed E-state index contributed by atoms with van der Waals surface area (Å²) < 4.78 is 29.9. The Kier molecular flexibility index (Phi) is 4.93. The molecular weight excluding hydrogens is 448 g/mol. The van der Waals surface area contributed by atoms with Crippen LogP contribution in [0.2, 0.25) is 0 Å². The quantitative estimate of drug-likeness (QED) is 0.597. The molecule has 0 bridgehead atoms. The number of rotatable bonds is 4. The first kappa shape index (κ1) is 22.1. The Bertz CT molecular complexity index is 1360. The lowest BCUT2D eigenvalue weighted by Gasteiger charge is -2.24. The highest BCUT2D eigenvalue weighted by atomic mass is 19.1. The van der Waals surface area contributed by atoms with Crippen molar-refractivity contribution in [2.75, 3.05) is 25.4 Å². The molecule has 2 aromatic carbocycles. The monoisotopic (exact) mass is 475 g/mol. The minimum absolute atomic E-state index is 0.0238. The molecule has 0 unspecified atom stereocenters. The molecule has 2 aliphatic heterocycles. The number of halogens is 2. The van der Waals surface area contributed by atoms with E-state index in [9.17, 15) is 9.18 Å². The summed E-state index contributed by atoms with van der Waals surface area (Å²) in [5, 5.41) is 2.70. The minimum Gasteiger partial charge on any atom is -0.382 e. The molecule has 1 saturated heterocycles. The van der Waals surface area contributed by atoms with Crippen LogP contribution in [0.4, 0.5) is 14.6 Å². The number of nitrogens with one attached hydrogen (secondary N) is 1. The first-order valence-electron chi connectivity index (χ1n) is 12.1. The van der Waals surface area contributed by atoms with Gasteiger partial charge in [-0.15, -0.1) is 0 Å². The molecule has 3 N–H and O–H groups in total. The third-order valence-corrected chi connectivity index (χ3v) is 7.89. The molecule has 0 radical (unpaired) electrons. The Morgan fingerprint density at radius 3 is 2.60 bits per heavy atom. The normalized spacial score (nSPS) is 23.2. The van der Waals surface area contributed by atoms with Crippen molar-refractivity contribution in [1.29, 1.82) is 0 Å². The number of hydrogen-bond donors (Lipinski definition) is 2. The fourth-order valence-corrected chi connectivity index (χ4v) is 5.75. The van der Waals surface area contributed by atoms with Gasteiger partial charge in [0.1, 0.15) is 17.2 Å². The number of nitrogen functional groups attached to an aromatic ring is 1. The van der Waals surface area contributed by atoms with Crippen LogP contribution in [0.5, 0.6) is 0 Å². The van der Waals surface area contributed by atoms with Crippen LogP contribution in [0.25, 0.3) is 22.5 Å². The van der Waals surface area contributed by atoms with Crippen LogP contribution in [0.15, 0.2) is 36.4 Å². The number of piperidine rings is 1. The molecule has 1 aliphatic carbocycles. The van der Waals surface area contributed by atoms with E-state index in [2.05, 4.69) is 46.2 Å². The van der Waals surface area contributed by atoms with E-state index in [-0.39, 0.29) is 34.1 Å². The zero-order valence-electron chi connectivity index (χ0n) is 19.7. The van der Waals surface area contributed by atoms with Gasteiger partial charge in [-0.2, -0.15) is 9.37 Å². The summed E-state index contributed by atoms with van der Waals surface area (Å²) in [5.74, 6) is -1.28. The second kappa shape index (κ2) is 7.81. The van der Waals surface area contributed by atoms with Crippen molar-refractivity contribution in [1.82, 2.24) is 20.2 Å². The summed E-state index contributed by atoms with van der Waals surface area (Å²) in [4.78, 5) is 22.8. The second-order valence-corrected chi connectivity index (χ2v) is 10.2. The van der Waals surface area contributed by atoms with E-state index in [4.69, 9.17) is 5.73 Å². The summed E-state index contributed by atoms with van der Waals surface area (Å²) >= 11 is 0. The molecule has 3 aromatic rings. The number of aromatic nitrogens is 2. The number of nitrogens with two attached hydrogens (primary N) is 1. The number of hydrogen-bond acceptors (Lipinski definition) is 5. The Hall–Kier alpha value is -3.39. The molecule has 0 spiro atoms. The SMILES string of the molecule is CC(C)N1C[C@H]2C[C@@]2(c2ccc(-c3nc(-c4cc5c(cc4F)C(=O)NCC5)c(N)nc3F)cc2)C1. The largest absolute Gasteiger partial charge is 0.382 e. The Balaban J connectivity index is 1.35. The van der Waals surface area contributed by atoms with Crippen molar-refractivity contribution < 1.29 is 13.6 Å². The zero-order chi connectivity index (χ0) is 24.5. The molecule has 3 aliphatic rings. The van der Waals surface area contributed by atoms with Crippen LogP contribution in [-0.2, 0) is 11.8 Å². The summed E-state index contributed by atoms with van der Waals surface area (Å²) in [7, 11) is 0. The van der Waals surface area contributed by atoms with Crippen molar-refractivity contribution in [2.24, 2.45) is 5.92 Å². The Morgan fingerprint density at radius 1 is 1.11 bits per heavy atom. The highest BCUT2D eigenvalue weighted by molar-refractivity contribution is 5.97. The van der Waals surface area contributed by atoms with Gasteiger partial charge in [0.2, 0.25) is 5.95 Å². The fraction of sp³-hybridized carbons (Fsp3) is 0.370. The molecule has 6 nitrogen and oxygen atoms in total. The van der Waals surface area contributed by atoms with Crippen molar-refractivity contribution in [3.05, 3.63) is 64.9 Å². The summed E-state index contributed by atoms with van der Waals surface area (Å²) in [5.41, 5.74) is 9.19. The van der Waals surface area contributed by atoms with Crippen molar-refractivity contribution >= 4 is 11.7 Å². The van der Waals surface area contributed by atoms with Gasteiger partial charge >= 0.3 is 0 Å². The maximum absolute atomic E-state index is 15.0. The molecule has 6 rings (SSSR count). The average molecular weight is 476 g/mol. The molecule has 2 fully saturated rings. The van der Waals surface area contributed by atoms with Gasteiger partial charge in [-0.25, -0.2) is 9.37 Å². The van der Waals surface area contributed by atoms with Crippen LogP contribution >= 0.6 is 0 Å². The average Bonchev–Trinajstić information content (AvgIpc) is 3.40. The Morgan fingerprint density at radius 2 is 1.89 bits per heavy atom. The van der Waals surface area contributed by atoms with Gasteiger partial charge in [0.15, 0.2) is 5.82 Å². The zero-order valence-corrected chi connectivity index (χ0v) is 19.7. The predicted molar refractivity (Wildman–Crippen MR) is 130 cm³/mol. The Labute approximate surface area is 202 Å². The number of fused-ring (bicyclic) bond motifs is 2. The number of benzene rings is 2. The van der Waals surface area contributed by atoms with Crippen molar-refractivity contribution in [3.63, 3.8) is 0 Å². The summed E-state index contributed by atoms with van der Waals surface area (Å²) in [6.45, 7) is 7.08. The fourth-order valence-electron chi connectivity index (χ4n) is 5.75. The van der Waals surface area contributed by atoms with Gasteiger partial charge in [-0.05, 0) is 55.9 Å². The smallest absolute Gasteiger partial charge is 0.251 e. The molecule has 1 aromatic heterocycles. The first-order chi connectivity index (χ1) is 16.8. The molecule has 1 saturated carbocycles. The minimum atomic E-state index is -0.800. The highest BCUT2D eigenvalue weighted by Crippen LogP contribution is 2.59. The van der Waals surface area contributed by atoms with Crippen molar-refractivity contribution in [3.8, 4) is 22.5 Å². The molecule has 2 atom stereocenters. The molecule has 180 valence electrons. The number of likely N-dealkylation sites (tertiary alicyclic amines) is 1. The maximum Gasteiger partial charge on any atom is 0.251 e. The standard InChI is InChI=1S/C27H27F2N5O/c1-14(2)34-12-18-11-27(18,13-34)17-5-3-15(4-6-17)22-24(29)33-25(30)23(32-22)20-9-16-7-8-31-26(35)19(16)10-21(20)28/h3-6,9-10,14,18H,7-8,11-13H2,1-2H3,(H2,30,33)(H,31,35)/t18-,27+/m1/s1. The van der Waals surface area contributed by atoms with Gasteiger partial charge in [0.05, 0.1) is 0 Å². The number of nitrogens with zero attached hydrogens (tertiary/aromatic N) is 3. The van der Waals surface area contributed by atoms with Crippen molar-refractivity contribution in [2.45, 2.75) is 38.1 Å². The first-order valence-corrected chi connectivity index (χ1v) is 12.1. The molecule has 8 heteroatoms. The molecular formula is C27H27F2N5O. The number of amides is 1. The van der Waals surface area contributed by atoms with Crippen LogP contribution in [0.1, 0.15) is 41.8 Å². The number of carbonyl (C=O) groups is 1. The lowest BCUT2D eigenvalue weighted by Crippen LogP contribution is -2.32. The van der Waals surface area contributed by atoms with Gasteiger partial charge in [0, 0.05) is 47.8 Å². The molecule has 35 heavy (non-hydrogen) atoms. The molecule has 1 amide bonds. The van der Waals surface area contributed by atoms with Gasteiger partial charge in [-0.1, -0.05) is 24.3 Å². The lowest BCUT2D eigenvalue weighted by molar-refractivity contribution is 0.0945. The van der Waals surface area contributed by atoms with Gasteiger partial charge in [0.25, 0.3) is 5.91 Å². The van der Waals surface area contributed by atoms with E-state index < -0.39 is 11.8 Å². The van der Waals surface area contributed by atoms with E-state index in [1.165, 1.54) is 18.1 Å². The van der Waals surface area contributed by atoms with E-state index >= 15 is 4.39 Å². The van der Waals surface area contributed by atoms with E-state index in [1.54, 1.807) is 6.07 Å². The highest BCUT2D eigenvalue weighted by Gasteiger charge is 2.60. The van der Waals surface area contributed by atoms with Crippen LogP contribution in [-0.4, -0.2) is 46.5 Å². The summed E-state index contributed by atoms with van der Waals surface area (Å²) in [6.07, 6.45) is 1.75. The number of anilines is 1. The third kappa shape index (κ3) is 3.50. The predicted octanol–water partition coefficient (Wildman–Crippen LogP) is 3.94. The lowest BCUT2D eigenvalue weighted by atomic mass is 9.93. The topological polar surface area (TPSA) is 84.1 Å². The van der Waals surface area contributed by atoms with Gasteiger partial charge in [-0.3, -0.25) is 9.69 Å². The van der Waals surface area contributed by atoms with Crippen LogP contribution in [0, 0.1) is 17.7 Å². The van der Waals surface area contributed by atoms with Gasteiger partial charge < -0.3 is 11.1 Å². The summed E-state index contributed by atoms with van der Waals surface area (Å²) in [6, 6.07) is 11.1.